The van der Waals surface area contributed by atoms with E-state index in [2.05, 4.69) is 10.3 Å². The van der Waals surface area contributed by atoms with E-state index < -0.39 is 40.2 Å². The Balaban J connectivity index is 3.23. The molecule has 0 saturated heterocycles. The highest BCUT2D eigenvalue weighted by molar-refractivity contribution is 5.78. The quantitative estimate of drug-likeness (QED) is 0.618. The number of nitro groups is 1. The standard InChI is InChI=1S/C11H12F3N3O4/c1-2-3-6(10(18)19)16-7-4-9(11(12,13)14)15-5-8(7)17(20)21/h4-6H,2-3H2,1H3,(H,15,16)(H,18,19). The van der Waals surface area contributed by atoms with Crippen molar-refractivity contribution in [2.45, 2.75) is 32.0 Å². The van der Waals surface area contributed by atoms with Crippen molar-refractivity contribution >= 4 is 17.3 Å². The first-order valence-electron chi connectivity index (χ1n) is 5.87. The van der Waals surface area contributed by atoms with Crippen LogP contribution in [0.1, 0.15) is 25.5 Å². The Morgan fingerprint density at radius 1 is 1.57 bits per heavy atom. The molecule has 0 spiro atoms. The minimum Gasteiger partial charge on any atom is -0.480 e. The van der Waals surface area contributed by atoms with E-state index in [1.54, 1.807) is 6.92 Å². The molecule has 10 heteroatoms. The second-order valence-corrected chi connectivity index (χ2v) is 4.17. The zero-order chi connectivity index (χ0) is 16.2. The molecule has 1 unspecified atom stereocenters. The van der Waals surface area contributed by atoms with Gasteiger partial charge in [0.15, 0.2) is 0 Å². The first-order valence-corrected chi connectivity index (χ1v) is 5.87. The van der Waals surface area contributed by atoms with Crippen LogP contribution < -0.4 is 5.32 Å². The van der Waals surface area contributed by atoms with Crippen LogP contribution in [0.25, 0.3) is 0 Å². The number of rotatable bonds is 6. The molecule has 0 saturated carbocycles. The molecule has 0 radical (unpaired) electrons. The summed E-state index contributed by atoms with van der Waals surface area (Å²) in [5, 5.41) is 22.0. The third-order valence-corrected chi connectivity index (χ3v) is 2.58. The molecule has 0 fully saturated rings. The zero-order valence-corrected chi connectivity index (χ0v) is 10.8. The van der Waals surface area contributed by atoms with Crippen LogP contribution in [0.5, 0.6) is 0 Å². The van der Waals surface area contributed by atoms with Crippen molar-refractivity contribution in [3.05, 3.63) is 28.1 Å². The molecule has 116 valence electrons. The van der Waals surface area contributed by atoms with Gasteiger partial charge in [-0.1, -0.05) is 13.3 Å². The average molecular weight is 307 g/mol. The normalized spacial score (nSPS) is 12.8. The summed E-state index contributed by atoms with van der Waals surface area (Å²) in [6, 6.07) is -0.791. The van der Waals surface area contributed by atoms with Crippen LogP contribution in [-0.2, 0) is 11.0 Å². The van der Waals surface area contributed by atoms with E-state index in [0.717, 1.165) is 0 Å². The molecule has 0 aliphatic rings. The number of carboxylic acids is 1. The molecule has 0 aliphatic heterocycles. The van der Waals surface area contributed by atoms with Crippen LogP contribution in [-0.4, -0.2) is 27.0 Å². The number of halogens is 3. The molecule has 2 N–H and O–H groups in total. The summed E-state index contributed by atoms with van der Waals surface area (Å²) < 4.78 is 37.7. The highest BCUT2D eigenvalue weighted by Gasteiger charge is 2.35. The summed E-state index contributed by atoms with van der Waals surface area (Å²) in [7, 11) is 0. The summed E-state index contributed by atoms with van der Waals surface area (Å²) in [4.78, 5) is 23.8. The van der Waals surface area contributed by atoms with Gasteiger partial charge in [-0.15, -0.1) is 0 Å². The van der Waals surface area contributed by atoms with Crippen molar-refractivity contribution in [1.82, 2.24) is 4.98 Å². The van der Waals surface area contributed by atoms with Crippen molar-refractivity contribution in [3.63, 3.8) is 0 Å². The first kappa shape index (κ1) is 16.7. The topological polar surface area (TPSA) is 105 Å². The molecular formula is C11H12F3N3O4. The van der Waals surface area contributed by atoms with E-state index >= 15 is 0 Å². The summed E-state index contributed by atoms with van der Waals surface area (Å²) in [6.45, 7) is 1.68. The molecule has 1 aromatic heterocycles. The molecule has 1 aromatic rings. The number of nitrogens with one attached hydrogen (secondary N) is 1. The van der Waals surface area contributed by atoms with Gasteiger partial charge in [0.2, 0.25) is 0 Å². The van der Waals surface area contributed by atoms with Gasteiger partial charge >= 0.3 is 17.8 Å². The van der Waals surface area contributed by atoms with Crippen LogP contribution >= 0.6 is 0 Å². The number of anilines is 1. The van der Waals surface area contributed by atoms with Crippen LogP contribution in [0.4, 0.5) is 24.5 Å². The summed E-state index contributed by atoms with van der Waals surface area (Å²) in [5.41, 5.74) is -2.58. The SMILES string of the molecule is CCCC(Nc1cc(C(F)(F)F)ncc1[N+](=O)[O-])C(=O)O. The van der Waals surface area contributed by atoms with Crippen molar-refractivity contribution in [2.24, 2.45) is 0 Å². The smallest absolute Gasteiger partial charge is 0.433 e. The Hall–Kier alpha value is -2.39. The molecular weight excluding hydrogens is 295 g/mol. The van der Waals surface area contributed by atoms with Gasteiger partial charge < -0.3 is 10.4 Å². The van der Waals surface area contributed by atoms with Gasteiger partial charge in [0.1, 0.15) is 23.6 Å². The van der Waals surface area contributed by atoms with E-state index in [1.807, 2.05) is 0 Å². The van der Waals surface area contributed by atoms with Crippen molar-refractivity contribution in [1.29, 1.82) is 0 Å². The minimum atomic E-state index is -4.78. The van der Waals surface area contributed by atoms with E-state index in [-0.39, 0.29) is 6.42 Å². The van der Waals surface area contributed by atoms with Gasteiger partial charge in [0, 0.05) is 0 Å². The number of nitrogens with zero attached hydrogens (tertiary/aromatic N) is 2. The van der Waals surface area contributed by atoms with Gasteiger partial charge in [-0.05, 0) is 12.5 Å². The predicted octanol–water partition coefficient (Wildman–Crippen LogP) is 2.67. The zero-order valence-electron chi connectivity index (χ0n) is 10.8. The average Bonchev–Trinajstić information content (AvgIpc) is 2.36. The molecule has 1 heterocycles. The van der Waals surface area contributed by atoms with Crippen LogP contribution in [0.2, 0.25) is 0 Å². The number of carbonyl (C=O) groups is 1. The minimum absolute atomic E-state index is 0.107. The van der Waals surface area contributed by atoms with Crippen LogP contribution in [0.3, 0.4) is 0 Å². The Morgan fingerprint density at radius 3 is 2.62 bits per heavy atom. The summed E-state index contributed by atoms with van der Waals surface area (Å²) in [5.74, 6) is -1.31. The second-order valence-electron chi connectivity index (χ2n) is 4.17. The molecule has 21 heavy (non-hydrogen) atoms. The number of aliphatic carboxylic acids is 1. The summed E-state index contributed by atoms with van der Waals surface area (Å²) in [6.07, 6.45) is -3.78. The van der Waals surface area contributed by atoms with Gasteiger partial charge in [-0.2, -0.15) is 13.2 Å². The number of hydrogen-bond donors (Lipinski definition) is 2. The van der Waals surface area contributed by atoms with Gasteiger partial charge in [0.05, 0.1) is 4.92 Å². The molecule has 0 bridgehead atoms. The number of alkyl halides is 3. The van der Waals surface area contributed by atoms with E-state index in [4.69, 9.17) is 5.11 Å². The van der Waals surface area contributed by atoms with Gasteiger partial charge in [-0.25, -0.2) is 9.78 Å². The lowest BCUT2D eigenvalue weighted by molar-refractivity contribution is -0.384. The molecule has 0 amide bonds. The van der Waals surface area contributed by atoms with E-state index in [9.17, 15) is 28.1 Å². The lowest BCUT2D eigenvalue weighted by atomic mass is 10.1. The van der Waals surface area contributed by atoms with E-state index in [1.165, 1.54) is 0 Å². The van der Waals surface area contributed by atoms with Crippen molar-refractivity contribution in [2.75, 3.05) is 5.32 Å². The number of carboxylic acid groups (broad SMARTS) is 1. The maximum Gasteiger partial charge on any atom is 0.433 e. The summed E-state index contributed by atoms with van der Waals surface area (Å²) >= 11 is 0. The van der Waals surface area contributed by atoms with Crippen LogP contribution in [0.15, 0.2) is 12.3 Å². The molecule has 0 aromatic carbocycles. The van der Waals surface area contributed by atoms with Crippen LogP contribution in [0, 0.1) is 10.1 Å². The number of hydrogen-bond acceptors (Lipinski definition) is 5. The fraction of sp³-hybridized carbons (Fsp3) is 0.455. The Kier molecular flexibility index (Phi) is 5.06. The largest absolute Gasteiger partial charge is 0.480 e. The highest BCUT2D eigenvalue weighted by atomic mass is 19.4. The lowest BCUT2D eigenvalue weighted by Gasteiger charge is -2.16. The fourth-order valence-corrected chi connectivity index (χ4v) is 1.60. The molecule has 0 aliphatic carbocycles. The van der Waals surface area contributed by atoms with Gasteiger partial charge in [-0.3, -0.25) is 10.1 Å². The second kappa shape index (κ2) is 6.37. The molecule has 1 atom stereocenters. The maximum absolute atomic E-state index is 12.6. The highest BCUT2D eigenvalue weighted by Crippen LogP contribution is 2.33. The Labute approximate surface area is 116 Å². The number of pyridine rings is 1. The fourth-order valence-electron chi connectivity index (χ4n) is 1.60. The first-order chi connectivity index (χ1) is 9.66. The maximum atomic E-state index is 12.6. The molecule has 7 nitrogen and oxygen atoms in total. The van der Waals surface area contributed by atoms with Crippen molar-refractivity contribution < 1.29 is 28.0 Å². The van der Waals surface area contributed by atoms with Crippen molar-refractivity contribution in [3.8, 4) is 0 Å². The van der Waals surface area contributed by atoms with E-state index in [0.29, 0.717) is 18.7 Å². The predicted molar refractivity (Wildman–Crippen MR) is 65.8 cm³/mol. The Morgan fingerprint density at radius 2 is 2.19 bits per heavy atom. The third kappa shape index (κ3) is 4.29. The number of aromatic nitrogens is 1. The molecule has 1 rings (SSSR count). The monoisotopic (exact) mass is 307 g/mol. The lowest BCUT2D eigenvalue weighted by Crippen LogP contribution is -2.29. The third-order valence-electron chi connectivity index (χ3n) is 2.58. The van der Waals surface area contributed by atoms with Gasteiger partial charge in [0.25, 0.3) is 0 Å². The Bertz CT molecular complexity index is 548.